The van der Waals surface area contributed by atoms with Gasteiger partial charge in [-0.05, 0) is 29.8 Å². The highest BCUT2D eigenvalue weighted by molar-refractivity contribution is 7.71. The first-order chi connectivity index (χ1) is 10.4. The quantitative estimate of drug-likeness (QED) is 0.646. The van der Waals surface area contributed by atoms with Crippen LogP contribution >= 0.6 is 12.2 Å². The lowest BCUT2D eigenvalue weighted by molar-refractivity contribution is -0.133. The molecule has 1 heterocycles. The van der Waals surface area contributed by atoms with E-state index in [0.29, 0.717) is 17.6 Å². The number of tetrazole rings is 1. The molecule has 1 aromatic carbocycles. The van der Waals surface area contributed by atoms with Crippen molar-refractivity contribution in [3.63, 3.8) is 0 Å². The van der Waals surface area contributed by atoms with Crippen LogP contribution in [0.4, 0.5) is 0 Å². The minimum Gasteiger partial charge on any atom is -0.299 e. The zero-order valence-electron chi connectivity index (χ0n) is 12.6. The van der Waals surface area contributed by atoms with Crippen LogP contribution in [0.2, 0.25) is 0 Å². The number of nitrogens with one attached hydrogen (secondary N) is 1. The smallest absolute Gasteiger partial charge is 0.242 e. The molecule has 0 spiro atoms. The Morgan fingerprint density at radius 3 is 2.18 bits per heavy atom. The van der Waals surface area contributed by atoms with Gasteiger partial charge >= 0.3 is 0 Å². The van der Waals surface area contributed by atoms with Crippen molar-refractivity contribution in [2.45, 2.75) is 33.1 Å². The molecule has 7 heteroatoms. The topological polar surface area (TPSA) is 80.6 Å². The number of carbonyl (C=O) groups is 2. The molecule has 1 aliphatic carbocycles. The Bertz CT molecular complexity index is 700. The lowest BCUT2D eigenvalue weighted by Gasteiger charge is -2.26. The van der Waals surface area contributed by atoms with E-state index in [1.54, 1.807) is 4.68 Å². The predicted octanol–water partition coefficient (Wildman–Crippen LogP) is 2.66. The Kier molecular flexibility index (Phi) is 4.97. The summed E-state index contributed by atoms with van der Waals surface area (Å²) in [5.41, 5.74) is 0.861. The fourth-order valence-corrected chi connectivity index (χ4v) is 2.60. The summed E-state index contributed by atoms with van der Waals surface area (Å²) in [5, 5.41) is 9.92. The molecule has 0 bridgehead atoms. The van der Waals surface area contributed by atoms with E-state index in [0.717, 1.165) is 5.69 Å². The lowest BCUT2D eigenvalue weighted by atomic mass is 9.76. The second-order valence-electron chi connectivity index (χ2n) is 6.03. The Balaban J connectivity index is 0.000000164. The summed E-state index contributed by atoms with van der Waals surface area (Å²) in [6.07, 6.45) is 1.31. The van der Waals surface area contributed by atoms with Crippen LogP contribution in [0.25, 0.3) is 5.69 Å². The SMILES string of the molecule is CC1(C)CC(=O)CC(=O)C1.S=c1nn[nH]n1-c1ccccc1. The van der Waals surface area contributed by atoms with Crippen molar-refractivity contribution in [1.82, 2.24) is 20.2 Å². The van der Waals surface area contributed by atoms with Gasteiger partial charge in [0.05, 0.1) is 12.1 Å². The normalized spacial score (nSPS) is 16.8. The summed E-state index contributed by atoms with van der Waals surface area (Å²) >= 11 is 4.93. The number of hydrogen-bond donors (Lipinski definition) is 1. The van der Waals surface area contributed by atoms with Crippen molar-refractivity contribution in [3.8, 4) is 5.69 Å². The van der Waals surface area contributed by atoms with Gasteiger partial charge in [0.2, 0.25) is 4.77 Å². The molecule has 0 amide bonds. The van der Waals surface area contributed by atoms with Crippen molar-refractivity contribution < 1.29 is 9.59 Å². The van der Waals surface area contributed by atoms with Crippen molar-refractivity contribution in [3.05, 3.63) is 35.1 Å². The van der Waals surface area contributed by atoms with Gasteiger partial charge in [-0.2, -0.15) is 5.21 Å². The molecule has 1 aliphatic rings. The number of aromatic nitrogens is 4. The van der Waals surface area contributed by atoms with Gasteiger partial charge in [0.1, 0.15) is 11.6 Å². The van der Waals surface area contributed by atoms with E-state index in [4.69, 9.17) is 12.2 Å². The predicted molar refractivity (Wildman–Crippen MR) is 84.2 cm³/mol. The van der Waals surface area contributed by atoms with Crippen LogP contribution in [-0.4, -0.2) is 31.8 Å². The first kappa shape index (κ1) is 16.2. The van der Waals surface area contributed by atoms with E-state index >= 15 is 0 Å². The molecular formula is C15H18N4O2S. The summed E-state index contributed by atoms with van der Waals surface area (Å²) < 4.78 is 2.07. The van der Waals surface area contributed by atoms with Gasteiger partial charge in [-0.15, -0.1) is 0 Å². The first-order valence-corrected chi connectivity index (χ1v) is 7.37. The molecule has 0 saturated heterocycles. The lowest BCUT2D eigenvalue weighted by Crippen LogP contribution is -2.28. The molecule has 1 fully saturated rings. The summed E-state index contributed by atoms with van der Waals surface area (Å²) in [7, 11) is 0. The molecule has 1 aromatic heterocycles. The highest BCUT2D eigenvalue weighted by atomic mass is 32.1. The van der Waals surface area contributed by atoms with E-state index in [1.165, 1.54) is 0 Å². The summed E-state index contributed by atoms with van der Waals surface area (Å²) in [4.78, 5) is 21.7. The second-order valence-corrected chi connectivity index (χ2v) is 6.39. The van der Waals surface area contributed by atoms with Crippen molar-refractivity contribution in [2.24, 2.45) is 5.41 Å². The Morgan fingerprint density at radius 1 is 1.14 bits per heavy atom. The zero-order chi connectivity index (χ0) is 16.2. The van der Waals surface area contributed by atoms with Crippen LogP contribution in [0, 0.1) is 10.2 Å². The van der Waals surface area contributed by atoms with Crippen LogP contribution in [0.1, 0.15) is 33.1 Å². The maximum Gasteiger partial charge on any atom is 0.242 e. The number of aromatic amines is 1. The number of H-pyrrole nitrogens is 1. The first-order valence-electron chi connectivity index (χ1n) is 6.96. The number of ketones is 2. The van der Waals surface area contributed by atoms with E-state index in [1.807, 2.05) is 44.2 Å². The van der Waals surface area contributed by atoms with E-state index in [-0.39, 0.29) is 23.4 Å². The summed E-state index contributed by atoms with van der Waals surface area (Å²) in [5.74, 6) is 0.197. The molecule has 2 aromatic rings. The molecule has 0 aliphatic heterocycles. The zero-order valence-corrected chi connectivity index (χ0v) is 13.4. The second kappa shape index (κ2) is 6.74. The van der Waals surface area contributed by atoms with Gasteiger partial charge in [0.25, 0.3) is 0 Å². The third kappa shape index (κ3) is 4.42. The highest BCUT2D eigenvalue weighted by Gasteiger charge is 2.31. The molecule has 1 N–H and O–H groups in total. The van der Waals surface area contributed by atoms with Gasteiger partial charge in [0, 0.05) is 12.8 Å². The molecule has 22 heavy (non-hydrogen) atoms. The average Bonchev–Trinajstić information content (AvgIpc) is 2.84. The third-order valence-corrected chi connectivity index (χ3v) is 3.50. The number of nitrogens with zero attached hydrogens (tertiary/aromatic N) is 3. The minimum atomic E-state index is -0.0770. The van der Waals surface area contributed by atoms with E-state index in [9.17, 15) is 9.59 Å². The fraction of sp³-hybridized carbons (Fsp3) is 0.400. The molecule has 0 radical (unpaired) electrons. The van der Waals surface area contributed by atoms with Crippen LogP contribution in [0.3, 0.4) is 0 Å². The van der Waals surface area contributed by atoms with Crippen LogP contribution < -0.4 is 0 Å². The standard InChI is InChI=1S/C8H12O2.C7H6N4S/c1-8(2)4-6(9)3-7(10)5-8;12-7-8-9-10-11(7)6-4-2-1-3-5-6/h3-5H2,1-2H3;1-5H,(H,8,10,12). The number of carbonyl (C=O) groups excluding carboxylic acids is 2. The largest absolute Gasteiger partial charge is 0.299 e. The average molecular weight is 318 g/mol. The summed E-state index contributed by atoms with van der Waals surface area (Å²) in [6.45, 7) is 3.92. The molecular weight excluding hydrogens is 300 g/mol. The maximum absolute atomic E-state index is 10.9. The van der Waals surface area contributed by atoms with Gasteiger partial charge < -0.3 is 0 Å². The third-order valence-electron chi connectivity index (χ3n) is 3.23. The summed E-state index contributed by atoms with van der Waals surface area (Å²) in [6, 6.07) is 9.65. The van der Waals surface area contributed by atoms with E-state index in [2.05, 4.69) is 15.5 Å². The van der Waals surface area contributed by atoms with Gasteiger partial charge in [-0.1, -0.05) is 42.4 Å². The van der Waals surface area contributed by atoms with Crippen LogP contribution in [0.5, 0.6) is 0 Å². The monoisotopic (exact) mass is 318 g/mol. The molecule has 6 nitrogen and oxygen atoms in total. The molecule has 1 saturated carbocycles. The van der Waals surface area contributed by atoms with Gasteiger partial charge in [0.15, 0.2) is 0 Å². The maximum atomic E-state index is 10.9. The van der Waals surface area contributed by atoms with Crippen LogP contribution in [-0.2, 0) is 9.59 Å². The number of hydrogen-bond acceptors (Lipinski definition) is 5. The van der Waals surface area contributed by atoms with Gasteiger partial charge in [-0.3, -0.25) is 9.59 Å². The van der Waals surface area contributed by atoms with Crippen molar-refractivity contribution in [1.29, 1.82) is 0 Å². The molecule has 0 unspecified atom stereocenters. The highest BCUT2D eigenvalue weighted by Crippen LogP contribution is 2.30. The number of para-hydroxylation sites is 1. The van der Waals surface area contributed by atoms with Gasteiger partial charge in [-0.25, -0.2) is 4.68 Å². The molecule has 0 atom stereocenters. The molecule has 3 rings (SSSR count). The number of benzene rings is 1. The number of rotatable bonds is 1. The Hall–Kier alpha value is -2.15. The minimum absolute atomic E-state index is 0.0770. The van der Waals surface area contributed by atoms with Crippen LogP contribution in [0.15, 0.2) is 30.3 Å². The Labute approximate surface area is 133 Å². The Morgan fingerprint density at radius 2 is 1.73 bits per heavy atom. The number of Topliss-reactive ketones (excluding diaryl/α,β-unsaturated/α-hetero) is 2. The molecule has 116 valence electrons. The van der Waals surface area contributed by atoms with Crippen molar-refractivity contribution in [2.75, 3.05) is 0 Å². The van der Waals surface area contributed by atoms with E-state index < -0.39 is 0 Å². The fourth-order valence-electron chi connectivity index (χ4n) is 2.42. The van der Waals surface area contributed by atoms with Crippen molar-refractivity contribution >= 4 is 23.8 Å².